The molecule has 5 amide bonds. The monoisotopic (exact) mass is 761 g/mol. The van der Waals surface area contributed by atoms with E-state index < -0.39 is 79.9 Å². The zero-order valence-electron chi connectivity index (χ0n) is 30.0. The molecule has 14 nitrogen and oxygen atoms in total. The van der Waals surface area contributed by atoms with Gasteiger partial charge in [0.15, 0.2) is 0 Å². The summed E-state index contributed by atoms with van der Waals surface area (Å²) < 4.78 is 38.7. The second-order valence-corrected chi connectivity index (χ2v) is 18.5. The van der Waals surface area contributed by atoms with E-state index in [1.165, 1.54) is 9.80 Å². The number of hydrogen-bond acceptors (Lipinski definition) is 9. The molecule has 0 bridgehead atoms. The number of fused-ring (bicyclic) bond motifs is 3. The first-order valence-corrected chi connectivity index (χ1v) is 19.8. The number of nitrogens with zero attached hydrogens (tertiary/aromatic N) is 2. The Morgan fingerprint density at radius 2 is 1.83 bits per heavy atom. The molecular weight excluding hydrogens is 714 g/mol. The van der Waals surface area contributed by atoms with Crippen LogP contribution in [0, 0.1) is 5.92 Å². The highest BCUT2D eigenvalue weighted by molar-refractivity contribution is 7.91. The number of halogens is 1. The highest BCUT2D eigenvalue weighted by Gasteiger charge is 2.63. The average molecular weight is 762 g/mol. The molecule has 2 saturated carbocycles. The van der Waals surface area contributed by atoms with Gasteiger partial charge in [-0.15, -0.1) is 0 Å². The van der Waals surface area contributed by atoms with E-state index >= 15 is 0 Å². The van der Waals surface area contributed by atoms with E-state index in [2.05, 4.69) is 15.4 Å². The molecule has 16 heteroatoms. The van der Waals surface area contributed by atoms with Crippen LogP contribution in [0.15, 0.2) is 30.4 Å². The van der Waals surface area contributed by atoms with E-state index in [-0.39, 0.29) is 38.9 Å². The first kappa shape index (κ1) is 37.9. The topological polar surface area (TPSA) is 181 Å². The lowest BCUT2D eigenvalue weighted by atomic mass is 10.0. The first-order chi connectivity index (χ1) is 24.4. The van der Waals surface area contributed by atoms with Gasteiger partial charge in [0.1, 0.15) is 29.3 Å². The Morgan fingerprint density at radius 3 is 2.52 bits per heavy atom. The van der Waals surface area contributed by atoms with E-state index in [0.717, 1.165) is 24.0 Å². The minimum Gasteiger partial charge on any atom is -0.444 e. The quantitative estimate of drug-likeness (QED) is 0.373. The summed E-state index contributed by atoms with van der Waals surface area (Å²) in [7, 11) is -4.00. The molecule has 3 N–H and O–H groups in total. The predicted molar refractivity (Wildman–Crippen MR) is 190 cm³/mol. The number of benzene rings is 1. The van der Waals surface area contributed by atoms with Crippen molar-refractivity contribution in [3.63, 3.8) is 0 Å². The third-order valence-corrected chi connectivity index (χ3v) is 13.1. The van der Waals surface area contributed by atoms with E-state index in [1.54, 1.807) is 39.8 Å². The lowest BCUT2D eigenvalue weighted by molar-refractivity contribution is -0.141. The Hall–Kier alpha value is -3.85. The fraction of sp³-hybridized carbons (Fsp3) is 0.639. The van der Waals surface area contributed by atoms with Crippen LogP contribution in [0.5, 0.6) is 0 Å². The molecule has 1 aromatic rings. The van der Waals surface area contributed by atoms with Gasteiger partial charge in [0.2, 0.25) is 21.8 Å². The number of allylic oxidation sites excluding steroid dienone is 1. The average Bonchev–Trinajstić information content (AvgIpc) is 3.84. The van der Waals surface area contributed by atoms with Crippen LogP contribution in [0.25, 0.3) is 0 Å². The van der Waals surface area contributed by atoms with Crippen molar-refractivity contribution in [2.24, 2.45) is 5.92 Å². The van der Waals surface area contributed by atoms with Crippen LogP contribution >= 0.6 is 11.6 Å². The largest absolute Gasteiger partial charge is 0.444 e. The van der Waals surface area contributed by atoms with Gasteiger partial charge < -0.3 is 25.0 Å². The summed E-state index contributed by atoms with van der Waals surface area (Å²) in [5.74, 6) is -2.55. The van der Waals surface area contributed by atoms with Crippen molar-refractivity contribution in [1.82, 2.24) is 25.2 Å². The summed E-state index contributed by atoms with van der Waals surface area (Å²) in [5.41, 5.74) is -0.665. The molecule has 284 valence electrons. The third-order valence-electron chi connectivity index (χ3n) is 10.6. The number of sulfonamides is 1. The van der Waals surface area contributed by atoms with Crippen LogP contribution in [-0.4, -0.2) is 88.7 Å². The molecule has 0 aromatic heterocycles. The van der Waals surface area contributed by atoms with Gasteiger partial charge >= 0.3 is 12.2 Å². The van der Waals surface area contributed by atoms with E-state index in [1.807, 2.05) is 18.2 Å². The number of alkyl carbamates (subject to hydrolysis) is 1. The van der Waals surface area contributed by atoms with Crippen LogP contribution in [0.2, 0.25) is 5.02 Å². The maximum absolute atomic E-state index is 14.3. The molecule has 1 aromatic carbocycles. The first-order valence-electron chi connectivity index (χ1n) is 18.0. The molecule has 5 atom stereocenters. The number of hydrogen-bond donors (Lipinski definition) is 3. The minimum atomic E-state index is -4.00. The number of ether oxygens (including phenoxy) is 2. The van der Waals surface area contributed by atoms with Crippen LogP contribution < -0.4 is 15.4 Å². The minimum absolute atomic E-state index is 0.0847. The number of nitrogens with one attached hydrogen (secondary N) is 3. The lowest BCUT2D eigenvalue weighted by Gasteiger charge is -2.30. The Balaban J connectivity index is 1.26. The van der Waals surface area contributed by atoms with Gasteiger partial charge in [-0.2, -0.15) is 0 Å². The molecule has 5 aliphatic rings. The van der Waals surface area contributed by atoms with Crippen molar-refractivity contribution in [3.05, 3.63) is 46.5 Å². The molecular formula is C36H48ClN5O9S. The molecule has 2 aliphatic carbocycles. The second-order valence-electron chi connectivity index (χ2n) is 15.9. The zero-order valence-corrected chi connectivity index (χ0v) is 31.6. The Morgan fingerprint density at radius 1 is 1.08 bits per heavy atom. The van der Waals surface area contributed by atoms with Crippen LogP contribution in [0.3, 0.4) is 0 Å². The number of carbonyl (C=O) groups is 5. The summed E-state index contributed by atoms with van der Waals surface area (Å²) >= 11 is 6.36. The van der Waals surface area contributed by atoms with Crippen molar-refractivity contribution in [2.45, 2.75) is 133 Å². The molecule has 3 heterocycles. The molecule has 0 radical (unpaired) electrons. The van der Waals surface area contributed by atoms with E-state index in [9.17, 15) is 32.4 Å². The highest BCUT2D eigenvalue weighted by atomic mass is 35.5. The fourth-order valence-electron chi connectivity index (χ4n) is 7.12. The predicted octanol–water partition coefficient (Wildman–Crippen LogP) is 4.05. The number of rotatable bonds is 5. The smallest absolute Gasteiger partial charge is 0.410 e. The maximum Gasteiger partial charge on any atom is 0.410 e. The van der Waals surface area contributed by atoms with Crippen molar-refractivity contribution in [1.29, 1.82) is 0 Å². The van der Waals surface area contributed by atoms with Gasteiger partial charge in [0.05, 0.1) is 17.8 Å². The zero-order chi connectivity index (χ0) is 37.6. The summed E-state index contributed by atoms with van der Waals surface area (Å²) in [4.78, 5) is 71.4. The Kier molecular flexibility index (Phi) is 10.3. The molecule has 0 spiro atoms. The van der Waals surface area contributed by atoms with Crippen molar-refractivity contribution >= 4 is 51.5 Å². The van der Waals surface area contributed by atoms with Crippen LogP contribution in [0.4, 0.5) is 9.59 Å². The van der Waals surface area contributed by atoms with Gasteiger partial charge in [-0.1, -0.05) is 48.7 Å². The van der Waals surface area contributed by atoms with Gasteiger partial charge in [-0.25, -0.2) is 18.0 Å². The van der Waals surface area contributed by atoms with Crippen LogP contribution in [-0.2, 0) is 47.0 Å². The normalized spacial score (nSPS) is 29.2. The highest BCUT2D eigenvalue weighted by Crippen LogP contribution is 2.47. The van der Waals surface area contributed by atoms with Crippen molar-refractivity contribution < 1.29 is 41.9 Å². The third kappa shape index (κ3) is 8.04. The van der Waals surface area contributed by atoms with Crippen molar-refractivity contribution in [3.8, 4) is 0 Å². The summed E-state index contributed by atoms with van der Waals surface area (Å²) in [5, 5.41) is 6.05. The fourth-order valence-corrected chi connectivity index (χ4v) is 8.69. The Labute approximate surface area is 309 Å². The van der Waals surface area contributed by atoms with Gasteiger partial charge in [-0.3, -0.25) is 24.0 Å². The number of carbonyl (C=O) groups excluding carboxylic acids is 5. The lowest BCUT2D eigenvalue weighted by Crippen LogP contribution is -2.58. The van der Waals surface area contributed by atoms with Crippen molar-refractivity contribution in [2.75, 3.05) is 6.54 Å². The summed E-state index contributed by atoms with van der Waals surface area (Å²) in [6.45, 7) is 7.06. The standard InChI is InChI=1S/C36H48ClN5O9S/c1-34(2,3)51-32(46)38-27-14-9-7-5-6-8-12-23-18-36(23,31(45)40-52(48,49)35(4)15-16-35)39-29(43)28-17-24(20-42(28)30(27)44)50-33(47)41-19-22-11-10-13-26(37)25(22)21-41/h8,10-13,23-24,27-28H,5-7,9,14-21H2,1-4H3,(H,38,46)(H,39,43)(H,40,45)/b12-8-/t23-,24-,27+,28+,36-/m1/s1. The summed E-state index contributed by atoms with van der Waals surface area (Å²) in [6, 6.07) is 3.18. The van der Waals surface area contributed by atoms with E-state index in [4.69, 9.17) is 21.1 Å². The maximum atomic E-state index is 14.3. The molecule has 52 heavy (non-hydrogen) atoms. The van der Waals surface area contributed by atoms with E-state index in [0.29, 0.717) is 30.7 Å². The number of amides is 5. The van der Waals surface area contributed by atoms with Gasteiger partial charge in [0.25, 0.3) is 5.91 Å². The molecule has 0 unspecified atom stereocenters. The molecule has 1 saturated heterocycles. The molecule has 6 rings (SSSR count). The van der Waals surface area contributed by atoms with Gasteiger partial charge in [-0.05, 0) is 83.4 Å². The summed E-state index contributed by atoms with van der Waals surface area (Å²) in [6.07, 6.45) is 5.40. The second kappa shape index (κ2) is 14.2. The van der Waals surface area contributed by atoms with Crippen LogP contribution in [0.1, 0.15) is 96.6 Å². The Bertz CT molecular complexity index is 1770. The SMILES string of the molecule is CC(C)(C)OC(=O)N[C@H]1CCCCC/C=C\[C@@H]2C[C@@]2(C(=O)NS(=O)(=O)C2(C)CC2)NC(=O)[C@@H]2C[C@@H](OC(=O)N3Cc4cccc(Cl)c4C3)CN2C1=O. The molecule has 3 aliphatic heterocycles. The van der Waals surface area contributed by atoms with Gasteiger partial charge in [0, 0.05) is 23.9 Å². The molecule has 3 fully saturated rings.